The van der Waals surface area contributed by atoms with E-state index in [1.165, 1.54) is 0 Å². The van der Waals surface area contributed by atoms with E-state index >= 15 is 0 Å². The molecule has 2 fully saturated rings. The van der Waals surface area contributed by atoms with Crippen LogP contribution in [0.25, 0.3) is 0 Å². The molecular weight excluding hydrogens is 510 g/mol. The van der Waals surface area contributed by atoms with Gasteiger partial charge in [0.2, 0.25) is 11.8 Å². The highest BCUT2D eigenvalue weighted by Gasteiger charge is 2.75. The van der Waals surface area contributed by atoms with Crippen LogP contribution in [0.15, 0.2) is 48.6 Å². The van der Waals surface area contributed by atoms with Crippen LogP contribution < -0.4 is 9.64 Å². The van der Waals surface area contributed by atoms with Gasteiger partial charge >= 0.3 is 0 Å². The molecule has 7 atom stereocenters. The van der Waals surface area contributed by atoms with Crippen molar-refractivity contribution in [3.8, 4) is 5.75 Å². The van der Waals surface area contributed by atoms with Crippen LogP contribution in [0.4, 0.5) is 5.69 Å². The van der Waals surface area contributed by atoms with Crippen molar-refractivity contribution in [2.75, 3.05) is 38.3 Å². The van der Waals surface area contributed by atoms with E-state index in [0.717, 1.165) is 6.42 Å². The number of benzene rings is 1. The Hall–Kier alpha value is -3.17. The van der Waals surface area contributed by atoms with Crippen molar-refractivity contribution >= 4 is 23.4 Å². The highest BCUT2D eigenvalue weighted by Crippen LogP contribution is 2.58. The number of hydrogen-bond acceptors (Lipinski definition) is 6. The summed E-state index contributed by atoms with van der Waals surface area (Å²) < 4.78 is 12.2. The van der Waals surface area contributed by atoms with Crippen LogP contribution in [-0.2, 0) is 19.1 Å². The predicted molar refractivity (Wildman–Crippen MR) is 151 cm³/mol. The number of likely N-dealkylation sites (tertiary alicyclic amines) is 1. The van der Waals surface area contributed by atoms with Gasteiger partial charge in [-0.3, -0.25) is 14.4 Å². The Labute approximate surface area is 236 Å². The molecule has 2 saturated heterocycles. The number of ether oxygens (including phenoxy) is 2. The molecule has 0 saturated carbocycles. The first-order chi connectivity index (χ1) is 19.2. The number of aliphatic hydroxyl groups is 1. The summed E-state index contributed by atoms with van der Waals surface area (Å²) in [6, 6.07) is 5.57. The van der Waals surface area contributed by atoms with Gasteiger partial charge in [0.1, 0.15) is 17.4 Å². The van der Waals surface area contributed by atoms with Gasteiger partial charge in [0.05, 0.1) is 37.2 Å². The minimum absolute atomic E-state index is 0.0769. The fourth-order valence-corrected chi connectivity index (χ4v) is 7.15. The number of rotatable bonds is 8. The van der Waals surface area contributed by atoms with Crippen molar-refractivity contribution in [1.82, 2.24) is 9.80 Å². The quantitative estimate of drug-likeness (QED) is 0.499. The van der Waals surface area contributed by atoms with E-state index in [9.17, 15) is 19.5 Å². The average molecular weight is 552 g/mol. The van der Waals surface area contributed by atoms with Crippen molar-refractivity contribution in [2.24, 2.45) is 17.8 Å². The zero-order valence-corrected chi connectivity index (χ0v) is 24.1. The lowest BCUT2D eigenvalue weighted by molar-refractivity contribution is -0.152. The van der Waals surface area contributed by atoms with Crippen molar-refractivity contribution in [3.63, 3.8) is 0 Å². The summed E-state index contributed by atoms with van der Waals surface area (Å²) >= 11 is 0. The summed E-state index contributed by atoms with van der Waals surface area (Å²) in [5, 5.41) is 10.6. The Morgan fingerprint density at radius 1 is 1.02 bits per heavy atom. The highest BCUT2D eigenvalue weighted by molar-refractivity contribution is 6.06. The molecule has 9 nitrogen and oxygen atoms in total. The third-order valence-electron chi connectivity index (χ3n) is 9.30. The van der Waals surface area contributed by atoms with Gasteiger partial charge in [-0.25, -0.2) is 0 Å². The van der Waals surface area contributed by atoms with Gasteiger partial charge in [-0.15, -0.1) is 0 Å². The fraction of sp³-hybridized carbons (Fsp3) is 0.581. The van der Waals surface area contributed by atoms with E-state index in [1.807, 2.05) is 64.1 Å². The molecule has 1 aromatic carbocycles. The van der Waals surface area contributed by atoms with Gasteiger partial charge in [-0.1, -0.05) is 51.5 Å². The molecule has 0 aromatic heterocycles. The lowest BCUT2D eigenvalue weighted by atomic mass is 9.74. The van der Waals surface area contributed by atoms with Crippen LogP contribution in [0.1, 0.15) is 40.5 Å². The smallest absolute Gasteiger partial charge is 0.253 e. The molecule has 5 rings (SSSR count). The molecule has 1 aromatic rings. The van der Waals surface area contributed by atoms with E-state index in [2.05, 4.69) is 0 Å². The Morgan fingerprint density at radius 2 is 1.73 bits per heavy atom. The second kappa shape index (κ2) is 10.7. The molecule has 4 aliphatic heterocycles. The lowest BCUT2D eigenvalue weighted by Gasteiger charge is -2.41. The summed E-state index contributed by atoms with van der Waals surface area (Å²) in [7, 11) is 1.59. The maximum absolute atomic E-state index is 14.6. The molecule has 0 aliphatic carbocycles. The molecule has 4 aliphatic rings. The Bertz CT molecular complexity index is 1210. The minimum atomic E-state index is -1.36. The minimum Gasteiger partial charge on any atom is -0.497 e. The van der Waals surface area contributed by atoms with E-state index in [-0.39, 0.29) is 36.8 Å². The van der Waals surface area contributed by atoms with Crippen LogP contribution in [0, 0.1) is 17.8 Å². The molecule has 1 unspecified atom stereocenters. The second-order valence-electron chi connectivity index (χ2n) is 11.6. The lowest BCUT2D eigenvalue weighted by Crippen LogP contribution is -2.60. The van der Waals surface area contributed by atoms with Crippen molar-refractivity contribution in [1.29, 1.82) is 0 Å². The van der Waals surface area contributed by atoms with Gasteiger partial charge < -0.3 is 29.3 Å². The fourth-order valence-electron chi connectivity index (χ4n) is 7.15. The molecule has 216 valence electrons. The monoisotopic (exact) mass is 551 g/mol. The summed E-state index contributed by atoms with van der Waals surface area (Å²) in [4.78, 5) is 48.3. The number of anilines is 1. The number of carbonyl (C=O) groups is 3. The van der Waals surface area contributed by atoms with Gasteiger partial charge in [-0.05, 0) is 43.5 Å². The number of aliphatic hydroxyl groups excluding tert-OH is 1. The Balaban J connectivity index is 1.66. The molecule has 0 radical (unpaired) electrons. The first-order valence-corrected chi connectivity index (χ1v) is 14.4. The molecule has 3 amide bonds. The standard InChI is InChI=1S/C31H41N3O6/c1-6-16-32-17-8-14-30(4)24(27(32)36)25-28(37)34(23(19-35)20(3)7-2)26-29(38)33(18-9-15-31(25,26)40-30)21-10-12-22(39-5)13-11-21/h8-15,20,23-26,35H,6-7,16-19H2,1-5H3/t20-,23-,24-,25-,26?,30+,31-/m0/s1. The number of hydrogen-bond donors (Lipinski definition) is 1. The third kappa shape index (κ3) is 4.16. The number of methoxy groups -OCH3 is 1. The van der Waals surface area contributed by atoms with E-state index in [4.69, 9.17) is 9.47 Å². The molecular formula is C31H41N3O6. The molecule has 1 N–H and O–H groups in total. The van der Waals surface area contributed by atoms with Crippen LogP contribution in [0.3, 0.4) is 0 Å². The zero-order chi connectivity index (χ0) is 28.8. The first-order valence-electron chi connectivity index (χ1n) is 14.4. The predicted octanol–water partition coefficient (Wildman–Crippen LogP) is 2.78. The molecule has 4 heterocycles. The van der Waals surface area contributed by atoms with Crippen molar-refractivity contribution < 1.29 is 29.0 Å². The normalized spacial score (nSPS) is 32.9. The topological polar surface area (TPSA) is 99.6 Å². The van der Waals surface area contributed by atoms with Gasteiger partial charge in [0, 0.05) is 25.3 Å². The summed E-state index contributed by atoms with van der Waals surface area (Å²) in [5.74, 6) is -1.84. The summed E-state index contributed by atoms with van der Waals surface area (Å²) in [5.41, 5.74) is -1.75. The SMILES string of the molecule is CCCN1CC=C[C@@]2(C)O[C@]34C=CCN(c5ccc(OC)cc5)C(=O)C3N([C@@H](CO)[C@@H](C)CC)C(=O)[C@@H]4[C@H]2C1=O. The maximum atomic E-state index is 14.6. The Kier molecular flexibility index (Phi) is 7.56. The largest absolute Gasteiger partial charge is 0.497 e. The Morgan fingerprint density at radius 3 is 2.35 bits per heavy atom. The number of carbonyl (C=O) groups excluding carboxylic acids is 3. The van der Waals surface area contributed by atoms with Crippen LogP contribution in [-0.4, -0.2) is 89.3 Å². The zero-order valence-electron chi connectivity index (χ0n) is 24.1. The molecule has 40 heavy (non-hydrogen) atoms. The van der Waals surface area contributed by atoms with Crippen molar-refractivity contribution in [3.05, 3.63) is 48.6 Å². The van der Waals surface area contributed by atoms with E-state index < -0.39 is 35.1 Å². The maximum Gasteiger partial charge on any atom is 0.253 e. The molecule has 9 heteroatoms. The number of amides is 3. The van der Waals surface area contributed by atoms with E-state index in [1.54, 1.807) is 33.9 Å². The average Bonchev–Trinajstić information content (AvgIpc) is 3.22. The second-order valence-corrected chi connectivity index (χ2v) is 11.6. The van der Waals surface area contributed by atoms with Crippen molar-refractivity contribution in [2.45, 2.75) is 63.8 Å². The molecule has 0 bridgehead atoms. The molecule has 1 spiro atoms. The van der Waals surface area contributed by atoms with Gasteiger partial charge in [0.25, 0.3) is 5.91 Å². The number of fused-ring (bicyclic) bond motifs is 2. The number of nitrogens with zero attached hydrogens (tertiary/aromatic N) is 3. The first kappa shape index (κ1) is 28.4. The highest BCUT2D eigenvalue weighted by atomic mass is 16.5. The van der Waals surface area contributed by atoms with Gasteiger partial charge in [-0.2, -0.15) is 0 Å². The van der Waals surface area contributed by atoms with Crippen LogP contribution in [0.5, 0.6) is 5.75 Å². The van der Waals surface area contributed by atoms with Gasteiger partial charge in [0.15, 0.2) is 0 Å². The summed E-state index contributed by atoms with van der Waals surface area (Å²) in [6.07, 6.45) is 9.05. The summed E-state index contributed by atoms with van der Waals surface area (Å²) in [6.45, 7) is 8.85. The van der Waals surface area contributed by atoms with Crippen LogP contribution in [0.2, 0.25) is 0 Å². The third-order valence-corrected chi connectivity index (χ3v) is 9.30. The van der Waals surface area contributed by atoms with E-state index in [0.29, 0.717) is 30.9 Å². The van der Waals surface area contributed by atoms with Crippen LogP contribution >= 0.6 is 0 Å².